The Labute approximate surface area is 206 Å². The zero-order valence-corrected chi connectivity index (χ0v) is 21.3. The Morgan fingerprint density at radius 1 is 0.647 bits per heavy atom. The van der Waals surface area contributed by atoms with Crippen LogP contribution in [0.3, 0.4) is 0 Å². The van der Waals surface area contributed by atoms with Gasteiger partial charge in [-0.05, 0) is 77.9 Å². The lowest BCUT2D eigenvalue weighted by Gasteiger charge is -2.24. The van der Waals surface area contributed by atoms with Gasteiger partial charge in [-0.15, -0.1) is 11.3 Å². The minimum absolute atomic E-state index is 0.0391. The fraction of sp³-hybridized carbons (Fsp3) is 0.226. The van der Waals surface area contributed by atoms with Crippen LogP contribution in [-0.4, -0.2) is 9.97 Å². The summed E-state index contributed by atoms with van der Waals surface area (Å²) in [5.41, 5.74) is 8.09. The van der Waals surface area contributed by atoms with Crippen molar-refractivity contribution >= 4 is 21.6 Å². The molecule has 34 heavy (non-hydrogen) atoms. The first-order valence-corrected chi connectivity index (χ1v) is 12.6. The molecule has 0 aliphatic carbocycles. The lowest BCUT2D eigenvalue weighted by atomic mass is 9.81. The lowest BCUT2D eigenvalue weighted by Crippen LogP contribution is -2.18. The molecule has 0 spiro atoms. The smallest absolute Gasteiger partial charge is 0.104 e. The number of para-hydroxylation sites is 1. The van der Waals surface area contributed by atoms with Gasteiger partial charge in [0.15, 0.2) is 0 Å². The van der Waals surface area contributed by atoms with Crippen molar-refractivity contribution in [2.75, 3.05) is 0 Å². The molecule has 2 nitrogen and oxygen atoms in total. The van der Waals surface area contributed by atoms with Crippen LogP contribution in [0.15, 0.2) is 91.1 Å². The van der Waals surface area contributed by atoms with E-state index >= 15 is 0 Å². The standard InChI is InChI=1S/C31H30N2S/c1-30(2,3)25-19-22(17-23(20-25)26-13-8-9-16-32-26)21-11-10-12-24(18-21)31(4,5)29-33-27-14-6-7-15-28(27)34-29/h6-20H,1-5H3. The lowest BCUT2D eigenvalue weighted by molar-refractivity contribution is 0.590. The van der Waals surface area contributed by atoms with Gasteiger partial charge in [0.25, 0.3) is 0 Å². The molecular weight excluding hydrogens is 432 g/mol. The number of thiazole rings is 1. The molecule has 3 heteroatoms. The van der Waals surface area contributed by atoms with E-state index in [0.717, 1.165) is 21.8 Å². The minimum atomic E-state index is -0.189. The summed E-state index contributed by atoms with van der Waals surface area (Å²) in [4.78, 5) is 9.59. The third-order valence-electron chi connectivity index (χ3n) is 6.51. The Morgan fingerprint density at radius 2 is 1.38 bits per heavy atom. The maximum absolute atomic E-state index is 4.97. The Morgan fingerprint density at radius 3 is 2.12 bits per heavy atom. The van der Waals surface area contributed by atoms with Crippen LogP contribution >= 0.6 is 11.3 Å². The zero-order chi connectivity index (χ0) is 23.9. The van der Waals surface area contributed by atoms with Crippen LogP contribution in [0.2, 0.25) is 0 Å². The molecule has 5 rings (SSSR count). The molecule has 0 saturated carbocycles. The summed E-state index contributed by atoms with van der Waals surface area (Å²) in [5, 5.41) is 1.14. The Bertz CT molecular complexity index is 1420. The fourth-order valence-electron chi connectivity index (χ4n) is 4.26. The summed E-state index contributed by atoms with van der Waals surface area (Å²) >= 11 is 1.79. The van der Waals surface area contributed by atoms with Crippen molar-refractivity contribution in [3.8, 4) is 22.4 Å². The first-order valence-electron chi connectivity index (χ1n) is 11.8. The maximum atomic E-state index is 4.97. The number of pyridine rings is 1. The minimum Gasteiger partial charge on any atom is -0.256 e. The third kappa shape index (κ3) is 4.28. The number of aromatic nitrogens is 2. The van der Waals surface area contributed by atoms with Gasteiger partial charge < -0.3 is 0 Å². The predicted molar refractivity (Wildman–Crippen MR) is 146 cm³/mol. The van der Waals surface area contributed by atoms with E-state index in [-0.39, 0.29) is 10.8 Å². The molecule has 0 bridgehead atoms. The average Bonchev–Trinajstić information content (AvgIpc) is 3.29. The van der Waals surface area contributed by atoms with Crippen molar-refractivity contribution < 1.29 is 0 Å². The van der Waals surface area contributed by atoms with Crippen molar-refractivity contribution in [3.05, 3.63) is 107 Å². The quantitative estimate of drug-likeness (QED) is 0.267. The molecule has 0 N–H and O–H groups in total. The highest BCUT2D eigenvalue weighted by Crippen LogP contribution is 2.39. The van der Waals surface area contributed by atoms with Crippen molar-refractivity contribution in [3.63, 3.8) is 0 Å². The molecule has 3 aromatic carbocycles. The van der Waals surface area contributed by atoms with Crippen molar-refractivity contribution in [1.82, 2.24) is 9.97 Å². The Hall–Kier alpha value is -3.30. The molecule has 0 amide bonds. The first-order chi connectivity index (χ1) is 16.2. The van der Waals surface area contributed by atoms with Crippen molar-refractivity contribution in [2.24, 2.45) is 0 Å². The van der Waals surface area contributed by atoms with Gasteiger partial charge in [0.1, 0.15) is 5.01 Å². The van der Waals surface area contributed by atoms with Crippen LogP contribution in [0.4, 0.5) is 0 Å². The monoisotopic (exact) mass is 462 g/mol. The van der Waals surface area contributed by atoms with Gasteiger partial charge >= 0.3 is 0 Å². The molecule has 0 fully saturated rings. The summed E-state index contributed by atoms with van der Waals surface area (Å²) < 4.78 is 1.24. The van der Waals surface area contributed by atoms with E-state index in [1.54, 1.807) is 11.3 Å². The Kier molecular flexibility index (Phi) is 5.61. The SMILES string of the molecule is CC(C)(C)c1cc(-c2cccc(C(C)(C)c3nc4ccccc4s3)c2)cc(-c2ccccn2)c1. The predicted octanol–water partition coefficient (Wildman–Crippen LogP) is 8.65. The number of hydrogen-bond donors (Lipinski definition) is 0. The van der Waals surface area contributed by atoms with E-state index in [1.165, 1.54) is 27.0 Å². The topological polar surface area (TPSA) is 25.8 Å². The van der Waals surface area contributed by atoms with Crippen LogP contribution in [0.1, 0.15) is 50.8 Å². The molecule has 170 valence electrons. The third-order valence-corrected chi connectivity index (χ3v) is 7.87. The van der Waals surface area contributed by atoms with Gasteiger partial charge in [-0.3, -0.25) is 4.98 Å². The second-order valence-corrected chi connectivity index (χ2v) is 11.5. The molecule has 0 aliphatic heterocycles. The summed E-state index contributed by atoms with van der Waals surface area (Å²) in [6.07, 6.45) is 1.86. The van der Waals surface area contributed by atoms with Crippen LogP contribution < -0.4 is 0 Å². The number of rotatable bonds is 4. The number of nitrogens with zero attached hydrogens (tertiary/aromatic N) is 2. The molecule has 2 aromatic heterocycles. The van der Waals surface area contributed by atoms with E-state index in [1.807, 2.05) is 18.3 Å². The molecule has 0 aliphatic rings. The molecule has 2 heterocycles. The maximum Gasteiger partial charge on any atom is 0.104 e. The van der Waals surface area contributed by atoms with Crippen molar-refractivity contribution in [1.29, 1.82) is 0 Å². The molecular formula is C31H30N2S. The summed E-state index contributed by atoms with van der Waals surface area (Å²) in [5.74, 6) is 0. The average molecular weight is 463 g/mol. The number of benzene rings is 3. The molecule has 5 aromatic rings. The van der Waals surface area contributed by atoms with E-state index in [2.05, 4.69) is 112 Å². The van der Waals surface area contributed by atoms with Gasteiger partial charge in [-0.1, -0.05) is 69.3 Å². The number of fused-ring (bicyclic) bond motifs is 1. The summed E-state index contributed by atoms with van der Waals surface area (Å²) in [6, 6.07) is 30.3. The highest BCUT2D eigenvalue weighted by molar-refractivity contribution is 7.18. The number of hydrogen-bond acceptors (Lipinski definition) is 3. The highest BCUT2D eigenvalue weighted by Gasteiger charge is 2.27. The second-order valence-electron chi connectivity index (χ2n) is 10.5. The van der Waals surface area contributed by atoms with Crippen LogP contribution in [0.25, 0.3) is 32.6 Å². The highest BCUT2D eigenvalue weighted by atomic mass is 32.1. The van der Waals surface area contributed by atoms with Crippen LogP contribution in [0, 0.1) is 0 Å². The van der Waals surface area contributed by atoms with Gasteiger partial charge in [0, 0.05) is 17.2 Å². The summed E-state index contributed by atoms with van der Waals surface area (Å²) in [7, 11) is 0. The Balaban J connectivity index is 1.61. The van der Waals surface area contributed by atoms with E-state index in [0.29, 0.717) is 0 Å². The molecule has 0 saturated heterocycles. The largest absolute Gasteiger partial charge is 0.256 e. The van der Waals surface area contributed by atoms with E-state index in [4.69, 9.17) is 4.98 Å². The normalized spacial score (nSPS) is 12.3. The van der Waals surface area contributed by atoms with Crippen LogP contribution in [0.5, 0.6) is 0 Å². The first kappa shape index (κ1) is 22.5. The van der Waals surface area contributed by atoms with Gasteiger partial charge in [0.05, 0.1) is 15.9 Å². The second kappa shape index (κ2) is 8.48. The fourth-order valence-corrected chi connectivity index (χ4v) is 5.35. The van der Waals surface area contributed by atoms with Gasteiger partial charge in [0.2, 0.25) is 0 Å². The molecule has 0 atom stereocenters. The molecule has 0 radical (unpaired) electrons. The van der Waals surface area contributed by atoms with E-state index in [9.17, 15) is 0 Å². The van der Waals surface area contributed by atoms with E-state index < -0.39 is 0 Å². The van der Waals surface area contributed by atoms with Crippen LogP contribution in [-0.2, 0) is 10.8 Å². The van der Waals surface area contributed by atoms with Gasteiger partial charge in [-0.2, -0.15) is 0 Å². The summed E-state index contributed by atoms with van der Waals surface area (Å²) in [6.45, 7) is 11.3. The zero-order valence-electron chi connectivity index (χ0n) is 20.5. The van der Waals surface area contributed by atoms with Crippen molar-refractivity contribution in [2.45, 2.75) is 45.4 Å². The van der Waals surface area contributed by atoms with Gasteiger partial charge in [-0.25, -0.2) is 4.98 Å². The molecule has 0 unspecified atom stereocenters.